The summed E-state index contributed by atoms with van der Waals surface area (Å²) in [6.07, 6.45) is 0.261. The smallest absolute Gasteiger partial charge is 0.261 e. The Balaban J connectivity index is 2.04. The molecule has 2 aromatic rings. The van der Waals surface area contributed by atoms with Gasteiger partial charge in [-0.15, -0.1) is 0 Å². The fraction of sp³-hybridized carbons (Fsp3) is 0.381. The molecule has 26 heavy (non-hydrogen) atoms. The van der Waals surface area contributed by atoms with Crippen molar-refractivity contribution in [2.24, 2.45) is 0 Å². The third kappa shape index (κ3) is 4.69. The molecule has 0 aliphatic rings. The molecule has 2 atom stereocenters. The highest BCUT2D eigenvalue weighted by molar-refractivity contribution is 5.81. The summed E-state index contributed by atoms with van der Waals surface area (Å²) in [5, 5.41) is 2.98. The average molecular weight is 357 g/mol. The number of aryl methyl sites for hydroxylation is 1. The topological polar surface area (TPSA) is 56.8 Å². The summed E-state index contributed by atoms with van der Waals surface area (Å²) in [4.78, 5) is 12.5. The number of ether oxygens (including phenoxy) is 3. The highest BCUT2D eigenvalue weighted by Crippen LogP contribution is 2.30. The molecular formula is C21H27NO4. The zero-order valence-electron chi connectivity index (χ0n) is 16.0. The fourth-order valence-electron chi connectivity index (χ4n) is 2.69. The number of nitrogens with one attached hydrogen (secondary N) is 1. The second kappa shape index (κ2) is 9.13. The molecule has 140 valence electrons. The van der Waals surface area contributed by atoms with Crippen LogP contribution in [0, 0.1) is 0 Å². The molecule has 0 fully saturated rings. The molecule has 0 spiro atoms. The lowest BCUT2D eigenvalue weighted by atomic mass is 10.1. The molecule has 0 saturated heterocycles. The zero-order valence-corrected chi connectivity index (χ0v) is 16.0. The fourth-order valence-corrected chi connectivity index (χ4v) is 2.69. The average Bonchev–Trinajstić information content (AvgIpc) is 2.67. The van der Waals surface area contributed by atoms with E-state index in [-0.39, 0.29) is 11.9 Å². The van der Waals surface area contributed by atoms with Gasteiger partial charge in [-0.25, -0.2) is 0 Å². The van der Waals surface area contributed by atoms with Crippen LogP contribution in [0.25, 0.3) is 0 Å². The lowest BCUT2D eigenvalue weighted by molar-refractivity contribution is -0.127. The number of carbonyl (C=O) groups excluding carboxylic acids is 1. The van der Waals surface area contributed by atoms with Crippen LogP contribution in [0.2, 0.25) is 0 Å². The first-order chi connectivity index (χ1) is 12.5. The van der Waals surface area contributed by atoms with Crippen LogP contribution < -0.4 is 19.5 Å². The Morgan fingerprint density at radius 3 is 2.35 bits per heavy atom. The van der Waals surface area contributed by atoms with Gasteiger partial charge in [0, 0.05) is 0 Å². The van der Waals surface area contributed by atoms with Gasteiger partial charge in [0.15, 0.2) is 17.6 Å². The van der Waals surface area contributed by atoms with Gasteiger partial charge in [-0.05, 0) is 49.6 Å². The first-order valence-electron chi connectivity index (χ1n) is 8.77. The number of amides is 1. The van der Waals surface area contributed by atoms with Gasteiger partial charge in [0.1, 0.15) is 5.75 Å². The van der Waals surface area contributed by atoms with Crippen molar-refractivity contribution in [3.63, 3.8) is 0 Å². The van der Waals surface area contributed by atoms with E-state index in [0.29, 0.717) is 11.5 Å². The molecule has 0 aliphatic heterocycles. The highest BCUT2D eigenvalue weighted by Gasteiger charge is 2.19. The predicted molar refractivity (Wildman–Crippen MR) is 102 cm³/mol. The Kier molecular flexibility index (Phi) is 6.89. The number of carbonyl (C=O) groups is 1. The predicted octanol–water partition coefficient (Wildman–Crippen LogP) is 3.91. The molecule has 2 rings (SSSR count). The van der Waals surface area contributed by atoms with E-state index < -0.39 is 6.10 Å². The van der Waals surface area contributed by atoms with Crippen molar-refractivity contribution in [1.29, 1.82) is 0 Å². The number of hydrogen-bond acceptors (Lipinski definition) is 4. The second-order valence-electron chi connectivity index (χ2n) is 6.07. The van der Waals surface area contributed by atoms with E-state index in [1.54, 1.807) is 21.1 Å². The van der Waals surface area contributed by atoms with Gasteiger partial charge in [-0.2, -0.15) is 0 Å². The zero-order chi connectivity index (χ0) is 19.1. The Bertz CT molecular complexity index is 745. The number of rotatable bonds is 8. The number of benzene rings is 2. The largest absolute Gasteiger partial charge is 0.493 e. The molecule has 1 N–H and O–H groups in total. The number of hydrogen-bond donors (Lipinski definition) is 1. The monoisotopic (exact) mass is 357 g/mol. The van der Waals surface area contributed by atoms with Crippen molar-refractivity contribution in [3.8, 4) is 17.2 Å². The van der Waals surface area contributed by atoms with Crippen LogP contribution in [0.3, 0.4) is 0 Å². The molecule has 0 heterocycles. The van der Waals surface area contributed by atoms with Crippen LogP contribution in [-0.4, -0.2) is 26.2 Å². The van der Waals surface area contributed by atoms with Gasteiger partial charge in [0.25, 0.3) is 5.91 Å². The lowest BCUT2D eigenvalue weighted by Crippen LogP contribution is -2.37. The third-order valence-corrected chi connectivity index (χ3v) is 4.29. The number of para-hydroxylation sites is 1. The highest BCUT2D eigenvalue weighted by atomic mass is 16.5. The Morgan fingerprint density at radius 1 is 1.00 bits per heavy atom. The van der Waals surface area contributed by atoms with Gasteiger partial charge in [-0.3, -0.25) is 4.79 Å². The Morgan fingerprint density at radius 2 is 1.69 bits per heavy atom. The van der Waals surface area contributed by atoms with Crippen molar-refractivity contribution >= 4 is 5.91 Å². The molecule has 0 unspecified atom stereocenters. The summed E-state index contributed by atoms with van der Waals surface area (Å²) in [5.41, 5.74) is 2.01. The van der Waals surface area contributed by atoms with Crippen LogP contribution in [0.4, 0.5) is 0 Å². The van der Waals surface area contributed by atoms with Crippen LogP contribution in [0.5, 0.6) is 17.2 Å². The Labute approximate surface area is 155 Å². The molecule has 1 amide bonds. The summed E-state index contributed by atoms with van der Waals surface area (Å²) < 4.78 is 16.4. The summed E-state index contributed by atoms with van der Waals surface area (Å²) in [7, 11) is 3.18. The second-order valence-corrected chi connectivity index (χ2v) is 6.07. The SMILES string of the molecule is CCc1ccccc1O[C@H](C)C(=O)N[C@@H](C)c1ccc(OC)c(OC)c1. The molecule has 0 aliphatic carbocycles. The third-order valence-electron chi connectivity index (χ3n) is 4.29. The van der Waals surface area contributed by atoms with Gasteiger partial charge in [0.2, 0.25) is 0 Å². The minimum absolute atomic E-state index is 0.168. The molecular weight excluding hydrogens is 330 g/mol. The van der Waals surface area contributed by atoms with Crippen molar-refractivity contribution in [2.45, 2.75) is 39.3 Å². The van der Waals surface area contributed by atoms with Crippen molar-refractivity contribution in [2.75, 3.05) is 14.2 Å². The molecule has 5 heteroatoms. The molecule has 0 bridgehead atoms. The minimum Gasteiger partial charge on any atom is -0.493 e. The van der Waals surface area contributed by atoms with Crippen LogP contribution >= 0.6 is 0 Å². The van der Waals surface area contributed by atoms with Gasteiger partial charge >= 0.3 is 0 Å². The Hall–Kier alpha value is -2.69. The lowest BCUT2D eigenvalue weighted by Gasteiger charge is -2.21. The maximum atomic E-state index is 12.5. The summed E-state index contributed by atoms with van der Waals surface area (Å²) in [6, 6.07) is 13.2. The normalized spacial score (nSPS) is 12.8. The van der Waals surface area contributed by atoms with E-state index in [9.17, 15) is 4.79 Å². The number of methoxy groups -OCH3 is 2. The van der Waals surface area contributed by atoms with Crippen LogP contribution in [0.1, 0.15) is 37.9 Å². The minimum atomic E-state index is -0.592. The van der Waals surface area contributed by atoms with E-state index in [1.807, 2.05) is 49.4 Å². The van der Waals surface area contributed by atoms with Crippen molar-refractivity contribution in [3.05, 3.63) is 53.6 Å². The maximum absolute atomic E-state index is 12.5. The molecule has 5 nitrogen and oxygen atoms in total. The quantitative estimate of drug-likeness (QED) is 0.778. The van der Waals surface area contributed by atoms with E-state index in [1.165, 1.54) is 0 Å². The molecule has 2 aromatic carbocycles. The van der Waals surface area contributed by atoms with Gasteiger partial charge < -0.3 is 19.5 Å². The van der Waals surface area contributed by atoms with Crippen LogP contribution in [0.15, 0.2) is 42.5 Å². The van der Waals surface area contributed by atoms with E-state index in [0.717, 1.165) is 23.3 Å². The van der Waals surface area contributed by atoms with Gasteiger partial charge in [-0.1, -0.05) is 31.2 Å². The van der Waals surface area contributed by atoms with Gasteiger partial charge in [0.05, 0.1) is 20.3 Å². The van der Waals surface area contributed by atoms with Crippen molar-refractivity contribution in [1.82, 2.24) is 5.32 Å². The molecule has 0 saturated carbocycles. The van der Waals surface area contributed by atoms with Crippen LogP contribution in [-0.2, 0) is 11.2 Å². The van der Waals surface area contributed by atoms with E-state index in [4.69, 9.17) is 14.2 Å². The van der Waals surface area contributed by atoms with Crippen molar-refractivity contribution < 1.29 is 19.0 Å². The molecule has 0 aromatic heterocycles. The first kappa shape index (κ1) is 19.6. The first-order valence-corrected chi connectivity index (χ1v) is 8.77. The summed E-state index contributed by atoms with van der Waals surface area (Å²) >= 11 is 0. The van der Waals surface area contributed by atoms with E-state index in [2.05, 4.69) is 12.2 Å². The standard InChI is InChI=1S/C21H27NO4/c1-6-16-9-7-8-10-18(16)26-15(3)21(23)22-14(2)17-11-12-19(24-4)20(13-17)25-5/h7-15H,6H2,1-5H3,(H,22,23)/t14-,15+/m0/s1. The summed E-state index contributed by atoms with van der Waals surface area (Å²) in [6.45, 7) is 5.74. The van der Waals surface area contributed by atoms with E-state index >= 15 is 0 Å². The summed E-state index contributed by atoms with van der Waals surface area (Å²) in [5.74, 6) is 1.87. The molecule has 0 radical (unpaired) electrons. The maximum Gasteiger partial charge on any atom is 0.261 e.